The Kier molecular flexibility index (Phi) is 6.65. The number of thiophene rings is 1. The molecule has 7 nitrogen and oxygen atoms in total. The maximum absolute atomic E-state index is 14.8. The Labute approximate surface area is 246 Å². The highest BCUT2D eigenvalue weighted by Gasteiger charge is 2.42. The molecule has 10 heteroatoms. The fraction of sp³-hybridized carbons (Fsp3) is 0.355. The molecule has 3 aliphatic heterocycles. The minimum absolute atomic E-state index is 0.0649. The van der Waals surface area contributed by atoms with Crippen molar-refractivity contribution < 1.29 is 23.4 Å². The maximum Gasteiger partial charge on any atom is 0.278 e. The summed E-state index contributed by atoms with van der Waals surface area (Å²) in [7, 11) is 0. The first kappa shape index (κ1) is 26.6. The van der Waals surface area contributed by atoms with Gasteiger partial charge in [-0.1, -0.05) is 29.8 Å². The van der Waals surface area contributed by atoms with Crippen molar-refractivity contribution in [2.24, 2.45) is 0 Å². The molecule has 2 aromatic heterocycles. The molecule has 0 spiro atoms. The van der Waals surface area contributed by atoms with E-state index >= 15 is 0 Å². The highest BCUT2D eigenvalue weighted by atomic mass is 35.5. The number of rotatable bonds is 7. The van der Waals surface area contributed by atoms with Crippen LogP contribution in [0.25, 0.3) is 15.9 Å². The van der Waals surface area contributed by atoms with E-state index in [0.29, 0.717) is 28.6 Å². The van der Waals surface area contributed by atoms with Gasteiger partial charge >= 0.3 is 0 Å². The van der Waals surface area contributed by atoms with E-state index in [9.17, 15) is 9.18 Å². The third-order valence-electron chi connectivity index (χ3n) is 8.06. The molecule has 0 radical (unpaired) electrons. The van der Waals surface area contributed by atoms with Gasteiger partial charge in [0.2, 0.25) is 0 Å². The highest BCUT2D eigenvalue weighted by Crippen LogP contribution is 2.49. The number of carbonyl (C=O) groups excluding carboxylic acids is 1. The fourth-order valence-corrected chi connectivity index (χ4v) is 6.84. The lowest BCUT2D eigenvalue weighted by molar-refractivity contribution is -0.0708. The van der Waals surface area contributed by atoms with Crippen molar-refractivity contribution in [3.8, 4) is 11.5 Å². The van der Waals surface area contributed by atoms with Crippen molar-refractivity contribution in [2.45, 2.75) is 51.7 Å². The normalized spacial score (nSPS) is 22.1. The van der Waals surface area contributed by atoms with Gasteiger partial charge in [-0.3, -0.25) is 9.69 Å². The van der Waals surface area contributed by atoms with Gasteiger partial charge < -0.3 is 18.8 Å². The van der Waals surface area contributed by atoms with Crippen LogP contribution in [0, 0.1) is 5.82 Å². The van der Waals surface area contributed by atoms with Crippen molar-refractivity contribution in [3.05, 3.63) is 81.2 Å². The number of ketones is 1. The van der Waals surface area contributed by atoms with Crippen LogP contribution in [0.3, 0.4) is 0 Å². The first-order valence-corrected chi connectivity index (χ1v) is 15.0. The zero-order valence-electron chi connectivity index (χ0n) is 22.8. The number of hydrogen-bond acceptors (Lipinski definition) is 7. The summed E-state index contributed by atoms with van der Waals surface area (Å²) in [5.41, 5.74) is 3.43. The quantitative estimate of drug-likeness (QED) is 0.219. The zero-order valence-corrected chi connectivity index (χ0v) is 24.4. The molecule has 4 aromatic rings. The Hall–Kier alpha value is -3.24. The van der Waals surface area contributed by atoms with Gasteiger partial charge in [0.1, 0.15) is 16.5 Å². The molecule has 0 bridgehead atoms. The molecule has 3 aliphatic rings. The smallest absolute Gasteiger partial charge is 0.278 e. The molecule has 0 unspecified atom stereocenters. The van der Waals surface area contributed by atoms with E-state index in [4.69, 9.17) is 30.8 Å². The summed E-state index contributed by atoms with van der Waals surface area (Å²) in [5, 5.41) is 0.322. The lowest BCUT2D eigenvalue weighted by Crippen LogP contribution is -2.33. The van der Waals surface area contributed by atoms with Gasteiger partial charge in [-0.05, 0) is 55.7 Å². The predicted octanol–water partition coefficient (Wildman–Crippen LogP) is 6.82. The van der Waals surface area contributed by atoms with Crippen LogP contribution in [0.5, 0.6) is 11.5 Å². The Bertz CT molecular complexity index is 1710. The van der Waals surface area contributed by atoms with Crippen molar-refractivity contribution in [1.29, 1.82) is 0 Å². The SMILES string of the molecule is CC(=O)c1cc2c(nc(CN3CC=C(c4cccc5c4O[C@@](C)(c4ccc(Cl)cc4F)O5)CC3)n2C[C@@H]2CCO2)s1. The number of hydrogen-bond donors (Lipinski definition) is 0. The summed E-state index contributed by atoms with van der Waals surface area (Å²) in [6, 6.07) is 12.3. The molecule has 0 saturated carbocycles. The molecule has 1 fully saturated rings. The first-order chi connectivity index (χ1) is 19.8. The number of imidazole rings is 1. The number of fused-ring (bicyclic) bond motifs is 2. The first-order valence-electron chi connectivity index (χ1n) is 13.8. The van der Waals surface area contributed by atoms with Crippen LogP contribution in [0.2, 0.25) is 5.02 Å². The molecular weight excluding hydrogens is 565 g/mol. The predicted molar refractivity (Wildman–Crippen MR) is 156 cm³/mol. The molecular formula is C31H29ClFN3O4S. The second-order valence-corrected chi connectivity index (χ2v) is 12.4. The topological polar surface area (TPSA) is 65.8 Å². The summed E-state index contributed by atoms with van der Waals surface area (Å²) in [4.78, 5) is 20.9. The molecule has 5 heterocycles. The number of nitrogens with zero attached hydrogens (tertiary/aromatic N) is 3. The van der Waals surface area contributed by atoms with Crippen LogP contribution < -0.4 is 9.47 Å². The lowest BCUT2D eigenvalue weighted by Gasteiger charge is -2.29. The highest BCUT2D eigenvalue weighted by molar-refractivity contribution is 7.20. The molecule has 2 atom stereocenters. The number of halogens is 2. The largest absolute Gasteiger partial charge is 0.444 e. The van der Waals surface area contributed by atoms with E-state index in [2.05, 4.69) is 15.5 Å². The molecule has 0 amide bonds. The van der Waals surface area contributed by atoms with Crippen LogP contribution in [0.4, 0.5) is 4.39 Å². The molecule has 0 N–H and O–H groups in total. The second-order valence-electron chi connectivity index (χ2n) is 10.9. The van der Waals surface area contributed by atoms with Crippen LogP contribution >= 0.6 is 22.9 Å². The van der Waals surface area contributed by atoms with Crippen LogP contribution in [0.1, 0.15) is 53.3 Å². The summed E-state index contributed by atoms with van der Waals surface area (Å²) in [6.07, 6.45) is 4.27. The molecule has 212 valence electrons. The third kappa shape index (κ3) is 4.84. The van der Waals surface area contributed by atoms with Gasteiger partial charge in [0, 0.05) is 37.2 Å². The van der Waals surface area contributed by atoms with Gasteiger partial charge in [-0.15, -0.1) is 11.3 Å². The number of para-hydroxylation sites is 1. The maximum atomic E-state index is 14.8. The number of ether oxygens (including phenoxy) is 3. The Balaban J connectivity index is 1.11. The van der Waals surface area contributed by atoms with Gasteiger partial charge in [0.15, 0.2) is 17.3 Å². The van der Waals surface area contributed by atoms with E-state index in [1.54, 1.807) is 26.0 Å². The average molecular weight is 594 g/mol. The standard InChI is InChI=1S/C31H29ClFN3O4S/c1-18(37)27-15-25-30(41-27)34-28(36(25)16-21-10-13-38-21)17-35-11-8-19(9-12-35)22-4-3-5-26-29(22)40-31(2,39-26)23-7-6-20(32)14-24(23)33/h3-8,14-15,21H,9-13,16-17H2,1-2H3/t21-,31-/m0/s1. The number of aromatic nitrogens is 2. The zero-order chi connectivity index (χ0) is 28.3. The molecule has 2 aromatic carbocycles. The van der Waals surface area contributed by atoms with Gasteiger partial charge in [-0.25, -0.2) is 9.37 Å². The van der Waals surface area contributed by atoms with Crippen molar-refractivity contribution in [2.75, 3.05) is 19.7 Å². The summed E-state index contributed by atoms with van der Waals surface area (Å²) >= 11 is 7.42. The Morgan fingerprint density at radius 1 is 1.24 bits per heavy atom. The van der Waals surface area contributed by atoms with Crippen molar-refractivity contribution in [1.82, 2.24) is 14.5 Å². The van der Waals surface area contributed by atoms with Gasteiger partial charge in [-0.2, -0.15) is 0 Å². The van der Waals surface area contributed by atoms with Crippen molar-refractivity contribution in [3.63, 3.8) is 0 Å². The monoisotopic (exact) mass is 593 g/mol. The van der Waals surface area contributed by atoms with E-state index in [1.165, 1.54) is 23.0 Å². The number of benzene rings is 2. The molecule has 0 aliphatic carbocycles. The average Bonchev–Trinajstić information content (AvgIpc) is 3.57. The second kappa shape index (κ2) is 10.2. The minimum Gasteiger partial charge on any atom is -0.444 e. The minimum atomic E-state index is -1.29. The lowest BCUT2D eigenvalue weighted by atomic mass is 9.98. The van der Waals surface area contributed by atoms with Crippen LogP contribution in [-0.2, 0) is 23.6 Å². The van der Waals surface area contributed by atoms with Crippen LogP contribution in [-0.4, -0.2) is 46.0 Å². The fourth-order valence-electron chi connectivity index (χ4n) is 5.74. The third-order valence-corrected chi connectivity index (χ3v) is 9.41. The summed E-state index contributed by atoms with van der Waals surface area (Å²) in [6.45, 7) is 7.16. The Morgan fingerprint density at radius 3 is 2.80 bits per heavy atom. The van der Waals surface area contributed by atoms with E-state index in [-0.39, 0.29) is 11.9 Å². The number of carbonyl (C=O) groups is 1. The molecule has 7 rings (SSSR count). The summed E-state index contributed by atoms with van der Waals surface area (Å²) in [5.74, 6) is 0.517. The van der Waals surface area contributed by atoms with Gasteiger partial charge in [0.05, 0.1) is 35.2 Å². The van der Waals surface area contributed by atoms with E-state index in [0.717, 1.165) is 65.7 Å². The summed E-state index contributed by atoms with van der Waals surface area (Å²) < 4.78 is 35.2. The van der Waals surface area contributed by atoms with Crippen molar-refractivity contribution >= 4 is 44.6 Å². The van der Waals surface area contributed by atoms with Gasteiger partial charge in [0.25, 0.3) is 5.79 Å². The number of Topliss-reactive ketones (excluding diaryl/α,β-unsaturated/α-hetero) is 1. The molecule has 41 heavy (non-hydrogen) atoms. The molecule has 1 saturated heterocycles. The van der Waals surface area contributed by atoms with E-state index in [1.807, 2.05) is 24.3 Å². The Morgan fingerprint density at radius 2 is 2.10 bits per heavy atom. The van der Waals surface area contributed by atoms with Crippen LogP contribution in [0.15, 0.2) is 48.5 Å². The van der Waals surface area contributed by atoms with E-state index < -0.39 is 11.6 Å².